The molecule has 2 aromatic heterocycles. The highest BCUT2D eigenvalue weighted by Crippen LogP contribution is 2.27. The van der Waals surface area contributed by atoms with E-state index in [0.717, 1.165) is 47.5 Å². The summed E-state index contributed by atoms with van der Waals surface area (Å²) in [4.78, 5) is 9.98. The lowest BCUT2D eigenvalue weighted by Gasteiger charge is -2.33. The third-order valence-electron chi connectivity index (χ3n) is 4.13. The van der Waals surface area contributed by atoms with Gasteiger partial charge in [0.05, 0.1) is 18.4 Å². The molecule has 1 aliphatic heterocycles. The number of fused-ring (bicyclic) bond motifs is 1. The average molecular weight is 341 g/mol. The Bertz CT molecular complexity index is 852. The van der Waals surface area contributed by atoms with Crippen LogP contribution in [0.25, 0.3) is 16.2 Å². The van der Waals surface area contributed by atoms with E-state index in [0.29, 0.717) is 6.54 Å². The van der Waals surface area contributed by atoms with E-state index in [4.69, 9.17) is 6.42 Å². The van der Waals surface area contributed by atoms with Crippen molar-refractivity contribution in [1.82, 2.24) is 19.5 Å². The topological polar surface area (TPSA) is 36.7 Å². The molecule has 0 radical (unpaired) electrons. The number of benzene rings is 1. The van der Waals surface area contributed by atoms with Gasteiger partial charge in [0.1, 0.15) is 5.82 Å². The van der Waals surface area contributed by atoms with Gasteiger partial charge in [-0.2, -0.15) is 0 Å². The minimum Gasteiger partial charge on any atom is -0.344 e. The highest BCUT2D eigenvalue weighted by Gasteiger charge is 2.20. The smallest absolute Gasteiger partial charge is 0.214 e. The van der Waals surface area contributed by atoms with Gasteiger partial charge in [-0.05, 0) is 24.3 Å². The Morgan fingerprint density at radius 2 is 1.92 bits per heavy atom. The van der Waals surface area contributed by atoms with Gasteiger partial charge in [-0.1, -0.05) is 17.3 Å². The molecular weight excluding hydrogens is 325 g/mol. The van der Waals surface area contributed by atoms with Crippen LogP contribution >= 0.6 is 11.3 Å². The van der Waals surface area contributed by atoms with E-state index in [1.807, 2.05) is 6.20 Å². The Hall–Kier alpha value is -2.43. The van der Waals surface area contributed by atoms with Crippen molar-refractivity contribution in [3.05, 3.63) is 36.3 Å². The van der Waals surface area contributed by atoms with Crippen molar-refractivity contribution in [2.75, 3.05) is 37.6 Å². The number of hydrogen-bond donors (Lipinski definition) is 0. The molecule has 1 fully saturated rings. The maximum Gasteiger partial charge on any atom is 0.214 e. The van der Waals surface area contributed by atoms with Gasteiger partial charge >= 0.3 is 0 Å². The number of imidazole rings is 1. The van der Waals surface area contributed by atoms with Gasteiger partial charge in [-0.15, -0.1) is 11.5 Å². The maximum atomic E-state index is 13.0. The lowest BCUT2D eigenvalue weighted by molar-refractivity contribution is 0.288. The van der Waals surface area contributed by atoms with Crippen molar-refractivity contribution < 1.29 is 4.39 Å². The molecule has 3 heterocycles. The molecular formula is C17H16FN5S. The SMILES string of the molecule is C#CCN1CCN(c2nn3cc(-c4ccc(F)cc4)nc3s2)CC1. The van der Waals surface area contributed by atoms with Crippen LogP contribution in [0.1, 0.15) is 0 Å². The van der Waals surface area contributed by atoms with Crippen molar-refractivity contribution in [2.24, 2.45) is 0 Å². The van der Waals surface area contributed by atoms with Gasteiger partial charge in [0.15, 0.2) is 0 Å². The molecule has 0 unspecified atom stereocenters. The second-order valence-corrected chi connectivity index (χ2v) is 6.65. The first kappa shape index (κ1) is 15.1. The molecule has 0 N–H and O–H groups in total. The molecule has 0 bridgehead atoms. The van der Waals surface area contributed by atoms with Gasteiger partial charge in [0, 0.05) is 31.7 Å². The van der Waals surface area contributed by atoms with Gasteiger partial charge in [-0.3, -0.25) is 4.90 Å². The van der Waals surface area contributed by atoms with E-state index < -0.39 is 0 Å². The van der Waals surface area contributed by atoms with Gasteiger partial charge < -0.3 is 4.90 Å². The van der Waals surface area contributed by atoms with E-state index in [-0.39, 0.29) is 5.82 Å². The minimum atomic E-state index is -0.246. The number of aromatic nitrogens is 3. The monoisotopic (exact) mass is 341 g/mol. The van der Waals surface area contributed by atoms with E-state index in [1.54, 1.807) is 28.0 Å². The molecule has 24 heavy (non-hydrogen) atoms. The predicted octanol–water partition coefficient (Wildman–Crippen LogP) is 2.35. The fraction of sp³-hybridized carbons (Fsp3) is 0.294. The lowest BCUT2D eigenvalue weighted by atomic mass is 10.2. The number of anilines is 1. The van der Waals surface area contributed by atoms with E-state index >= 15 is 0 Å². The molecule has 0 atom stereocenters. The predicted molar refractivity (Wildman–Crippen MR) is 93.7 cm³/mol. The molecule has 0 saturated carbocycles. The average Bonchev–Trinajstić information content (AvgIpc) is 3.15. The molecule has 1 aromatic carbocycles. The van der Waals surface area contributed by atoms with Gasteiger partial charge in [0.2, 0.25) is 10.1 Å². The summed E-state index contributed by atoms with van der Waals surface area (Å²) in [6, 6.07) is 6.34. The van der Waals surface area contributed by atoms with E-state index in [2.05, 4.69) is 25.8 Å². The fourth-order valence-corrected chi connectivity index (χ4v) is 3.74. The Labute approximate surface area is 143 Å². The number of halogens is 1. The van der Waals surface area contributed by atoms with E-state index in [9.17, 15) is 4.39 Å². The summed E-state index contributed by atoms with van der Waals surface area (Å²) in [6.45, 7) is 4.45. The van der Waals surface area contributed by atoms with Crippen molar-refractivity contribution in [2.45, 2.75) is 0 Å². The van der Waals surface area contributed by atoms with Gasteiger partial charge in [-0.25, -0.2) is 13.9 Å². The minimum absolute atomic E-state index is 0.246. The molecule has 0 amide bonds. The summed E-state index contributed by atoms with van der Waals surface area (Å²) in [5, 5.41) is 5.61. The van der Waals surface area contributed by atoms with Crippen LogP contribution in [-0.4, -0.2) is 52.2 Å². The molecule has 5 nitrogen and oxygen atoms in total. The second-order valence-electron chi connectivity index (χ2n) is 5.71. The third kappa shape index (κ3) is 2.86. The molecule has 0 aliphatic carbocycles. The van der Waals surface area contributed by atoms with Gasteiger partial charge in [0.25, 0.3) is 0 Å². The zero-order valence-corrected chi connectivity index (χ0v) is 13.8. The first-order valence-electron chi connectivity index (χ1n) is 7.76. The Kier molecular flexibility index (Phi) is 3.92. The zero-order valence-electron chi connectivity index (χ0n) is 13.0. The number of nitrogens with zero attached hydrogens (tertiary/aromatic N) is 5. The Morgan fingerprint density at radius 3 is 2.58 bits per heavy atom. The summed E-state index contributed by atoms with van der Waals surface area (Å²) in [7, 11) is 0. The largest absolute Gasteiger partial charge is 0.344 e. The molecule has 122 valence electrons. The molecule has 1 aliphatic rings. The third-order valence-corrected chi connectivity index (χ3v) is 5.11. The first-order chi connectivity index (χ1) is 11.7. The van der Waals surface area contributed by atoms with Crippen molar-refractivity contribution in [3.63, 3.8) is 0 Å². The Morgan fingerprint density at radius 1 is 1.17 bits per heavy atom. The Balaban J connectivity index is 1.52. The van der Waals surface area contributed by atoms with Crippen LogP contribution in [0.2, 0.25) is 0 Å². The molecule has 7 heteroatoms. The normalized spacial score (nSPS) is 15.8. The highest BCUT2D eigenvalue weighted by molar-refractivity contribution is 7.20. The van der Waals surface area contributed by atoms with Crippen LogP contribution in [0.5, 0.6) is 0 Å². The summed E-state index contributed by atoms with van der Waals surface area (Å²) in [5.74, 6) is 2.45. The van der Waals surface area contributed by atoms with Crippen molar-refractivity contribution in [1.29, 1.82) is 0 Å². The maximum absolute atomic E-state index is 13.0. The summed E-state index contributed by atoms with van der Waals surface area (Å²) >= 11 is 1.57. The van der Waals surface area contributed by atoms with Crippen LogP contribution in [0.15, 0.2) is 30.5 Å². The fourth-order valence-electron chi connectivity index (χ4n) is 2.80. The van der Waals surface area contributed by atoms with Crippen LogP contribution in [0, 0.1) is 18.2 Å². The molecule has 0 spiro atoms. The van der Waals surface area contributed by atoms with Crippen LogP contribution < -0.4 is 4.90 Å². The van der Waals surface area contributed by atoms with Crippen LogP contribution in [-0.2, 0) is 0 Å². The second kappa shape index (κ2) is 6.23. The molecule has 1 saturated heterocycles. The highest BCUT2D eigenvalue weighted by atomic mass is 32.1. The first-order valence-corrected chi connectivity index (χ1v) is 8.57. The molecule has 3 aromatic rings. The van der Waals surface area contributed by atoms with Crippen molar-refractivity contribution in [3.8, 4) is 23.6 Å². The lowest BCUT2D eigenvalue weighted by Crippen LogP contribution is -2.46. The van der Waals surface area contributed by atoms with Crippen LogP contribution in [0.3, 0.4) is 0 Å². The standard InChI is InChI=1S/C17H16FN5S/c1-2-7-21-8-10-22(11-9-21)17-20-23-12-15(19-16(23)24-17)13-3-5-14(18)6-4-13/h1,3-6,12H,7-11H2. The van der Waals surface area contributed by atoms with E-state index in [1.165, 1.54) is 12.1 Å². The summed E-state index contributed by atoms with van der Waals surface area (Å²) in [5.41, 5.74) is 1.69. The molecule has 4 rings (SSSR count). The number of piperazine rings is 1. The zero-order chi connectivity index (χ0) is 16.5. The number of rotatable bonds is 3. The van der Waals surface area contributed by atoms with Crippen molar-refractivity contribution >= 4 is 21.4 Å². The quantitative estimate of drug-likeness (QED) is 0.685. The number of hydrogen-bond acceptors (Lipinski definition) is 5. The summed E-state index contributed by atoms with van der Waals surface area (Å²) < 4.78 is 14.8. The summed E-state index contributed by atoms with van der Waals surface area (Å²) in [6.07, 6.45) is 7.25. The number of terminal acetylenes is 1. The van der Waals surface area contributed by atoms with Crippen LogP contribution in [0.4, 0.5) is 9.52 Å².